The maximum atomic E-state index is 10.9. The quantitative estimate of drug-likeness (QED) is 0.648. The predicted octanol–water partition coefficient (Wildman–Crippen LogP) is 4.20. The molecule has 0 amide bonds. The van der Waals surface area contributed by atoms with Crippen LogP contribution in [-0.4, -0.2) is 18.1 Å². The maximum absolute atomic E-state index is 10.9. The lowest BCUT2D eigenvalue weighted by Gasteiger charge is -2.06. The van der Waals surface area contributed by atoms with Crippen molar-refractivity contribution in [3.05, 3.63) is 42.0 Å². The van der Waals surface area contributed by atoms with E-state index in [-0.39, 0.29) is 10.6 Å². The number of aromatic hydroxyl groups is 1. The average molecular weight is 300 g/mol. The molecule has 4 nitrogen and oxygen atoms in total. The monoisotopic (exact) mass is 300 g/mol. The number of rotatable bonds is 3. The Kier molecular flexibility index (Phi) is 10.6. The fourth-order valence-corrected chi connectivity index (χ4v) is 1.86. The van der Waals surface area contributed by atoms with Crippen molar-refractivity contribution in [2.45, 2.75) is 39.5 Å². The summed E-state index contributed by atoms with van der Waals surface area (Å²) in [7, 11) is -4.29. The molecule has 5 heteroatoms. The number of phenolic OH excluding ortho intramolecular Hbond substituents is 1. The molecule has 2 N–H and O–H groups in total. The molecule has 0 aliphatic rings. The zero-order chi connectivity index (χ0) is 16.3. The number of phenols is 1. The van der Waals surface area contributed by atoms with Crippen molar-refractivity contribution in [1.82, 2.24) is 0 Å². The van der Waals surface area contributed by atoms with Gasteiger partial charge in [0.2, 0.25) is 0 Å². The van der Waals surface area contributed by atoms with Gasteiger partial charge in [-0.15, -0.1) is 0 Å². The van der Waals surface area contributed by atoms with Crippen LogP contribution in [0.3, 0.4) is 0 Å². The average Bonchev–Trinajstić information content (AvgIpc) is 2.41. The molecular formula is C15H24O4S. The molecule has 0 aromatic heterocycles. The molecule has 0 atom stereocenters. The predicted molar refractivity (Wildman–Crippen MR) is 84.6 cm³/mol. The maximum Gasteiger partial charge on any atom is 0.294 e. The summed E-state index contributed by atoms with van der Waals surface area (Å²) in [6, 6.07) is 2.29. The van der Waals surface area contributed by atoms with Crippen molar-refractivity contribution < 1.29 is 18.1 Å². The van der Waals surface area contributed by atoms with E-state index in [0.29, 0.717) is 11.1 Å². The third-order valence-corrected chi connectivity index (χ3v) is 2.87. The molecule has 0 fully saturated rings. The van der Waals surface area contributed by atoms with Gasteiger partial charge < -0.3 is 5.11 Å². The smallest absolute Gasteiger partial charge is 0.294 e. The molecule has 1 aromatic carbocycles. The molecule has 20 heavy (non-hydrogen) atoms. The van der Waals surface area contributed by atoms with Gasteiger partial charge in [-0.2, -0.15) is 8.42 Å². The molecule has 0 saturated heterocycles. The fourth-order valence-electron chi connectivity index (χ4n) is 1.28. The minimum atomic E-state index is -4.29. The Bertz CT molecular complexity index is 520. The first-order valence-corrected chi connectivity index (χ1v) is 7.90. The molecule has 0 aliphatic carbocycles. The topological polar surface area (TPSA) is 74.6 Å². The van der Waals surface area contributed by atoms with E-state index in [1.807, 2.05) is 27.7 Å². The lowest BCUT2D eigenvalue weighted by Crippen LogP contribution is -1.99. The van der Waals surface area contributed by atoms with Crippen LogP contribution in [0.5, 0.6) is 5.75 Å². The SMILES string of the molecule is C=C/C=C\c1c(C)cc(S(=O)(=O)O)cc1O.CC.CC. The highest BCUT2D eigenvalue weighted by Gasteiger charge is 2.13. The van der Waals surface area contributed by atoms with Gasteiger partial charge in [0.05, 0.1) is 4.90 Å². The van der Waals surface area contributed by atoms with Gasteiger partial charge >= 0.3 is 0 Å². The first kappa shape index (κ1) is 20.7. The third kappa shape index (κ3) is 6.54. The van der Waals surface area contributed by atoms with Crippen LogP contribution in [0.1, 0.15) is 38.8 Å². The Morgan fingerprint density at radius 2 is 1.65 bits per heavy atom. The zero-order valence-corrected chi connectivity index (χ0v) is 13.5. The van der Waals surface area contributed by atoms with Crippen LogP contribution in [-0.2, 0) is 10.1 Å². The standard InChI is InChI=1S/C11H12O4S.2C2H6/c1-3-4-5-10-8(2)6-9(7-11(10)12)16(13,14)15;2*1-2/h3-7,12H,1H2,2H3,(H,13,14,15);2*1-2H3/b5-4-;;. The van der Waals surface area contributed by atoms with Gasteiger partial charge in [-0.1, -0.05) is 52.5 Å². The molecule has 0 saturated carbocycles. The van der Waals surface area contributed by atoms with E-state index >= 15 is 0 Å². The van der Waals surface area contributed by atoms with Gasteiger partial charge in [-0.05, 0) is 18.6 Å². The first-order valence-electron chi connectivity index (χ1n) is 6.46. The summed E-state index contributed by atoms with van der Waals surface area (Å²) in [5.74, 6) is -0.203. The van der Waals surface area contributed by atoms with Crippen LogP contribution >= 0.6 is 0 Å². The second-order valence-electron chi connectivity index (χ2n) is 3.24. The highest BCUT2D eigenvalue weighted by atomic mass is 32.2. The summed E-state index contributed by atoms with van der Waals surface area (Å²) in [6.07, 6.45) is 4.76. The molecule has 0 aliphatic heterocycles. The van der Waals surface area contributed by atoms with Gasteiger partial charge in [0.1, 0.15) is 5.75 Å². The van der Waals surface area contributed by atoms with Crippen LogP contribution in [0, 0.1) is 6.92 Å². The summed E-state index contributed by atoms with van der Waals surface area (Å²) in [6.45, 7) is 13.1. The molecule has 114 valence electrons. The van der Waals surface area contributed by atoms with Crippen LogP contribution in [0.4, 0.5) is 0 Å². The minimum absolute atomic E-state index is 0.203. The first-order chi connectivity index (χ1) is 9.36. The summed E-state index contributed by atoms with van der Waals surface area (Å²) in [5, 5.41) is 9.60. The minimum Gasteiger partial charge on any atom is -0.507 e. The summed E-state index contributed by atoms with van der Waals surface area (Å²) >= 11 is 0. The van der Waals surface area contributed by atoms with Gasteiger partial charge in [0.25, 0.3) is 10.1 Å². The Morgan fingerprint density at radius 1 is 1.15 bits per heavy atom. The number of allylic oxidation sites excluding steroid dienone is 2. The Morgan fingerprint density at radius 3 is 2.00 bits per heavy atom. The summed E-state index contributed by atoms with van der Waals surface area (Å²) < 4.78 is 30.6. The zero-order valence-electron chi connectivity index (χ0n) is 12.7. The number of hydrogen-bond acceptors (Lipinski definition) is 3. The van der Waals surface area contributed by atoms with E-state index in [4.69, 9.17) is 4.55 Å². The molecule has 1 aromatic rings. The van der Waals surface area contributed by atoms with E-state index in [9.17, 15) is 13.5 Å². The van der Waals surface area contributed by atoms with Crippen molar-refractivity contribution in [2.24, 2.45) is 0 Å². The van der Waals surface area contributed by atoms with Gasteiger partial charge in [0.15, 0.2) is 0 Å². The van der Waals surface area contributed by atoms with Crippen molar-refractivity contribution in [1.29, 1.82) is 0 Å². The van der Waals surface area contributed by atoms with Crippen LogP contribution in [0.25, 0.3) is 6.08 Å². The van der Waals surface area contributed by atoms with Crippen LogP contribution in [0.15, 0.2) is 35.8 Å². The second-order valence-corrected chi connectivity index (χ2v) is 4.66. The van der Waals surface area contributed by atoms with Gasteiger partial charge in [-0.3, -0.25) is 4.55 Å². The highest BCUT2D eigenvalue weighted by molar-refractivity contribution is 7.85. The van der Waals surface area contributed by atoms with Crippen molar-refractivity contribution in [3.63, 3.8) is 0 Å². The summed E-state index contributed by atoms with van der Waals surface area (Å²) in [5.41, 5.74) is 1.04. The molecule has 0 spiro atoms. The molecule has 1 rings (SSSR count). The summed E-state index contributed by atoms with van der Waals surface area (Å²) in [4.78, 5) is -0.321. The van der Waals surface area contributed by atoms with Crippen LogP contribution in [0.2, 0.25) is 0 Å². The van der Waals surface area contributed by atoms with E-state index in [1.165, 1.54) is 12.1 Å². The Labute approximate surface area is 122 Å². The van der Waals surface area contributed by atoms with Crippen molar-refractivity contribution >= 4 is 16.2 Å². The Balaban J connectivity index is 0. The van der Waals surface area contributed by atoms with E-state index in [1.54, 1.807) is 19.1 Å². The number of benzene rings is 1. The normalized spacial score (nSPS) is 10.1. The lowest BCUT2D eigenvalue weighted by molar-refractivity contribution is 0.464. The van der Waals surface area contributed by atoms with Crippen molar-refractivity contribution in [2.75, 3.05) is 0 Å². The van der Waals surface area contributed by atoms with E-state index in [0.717, 1.165) is 6.07 Å². The van der Waals surface area contributed by atoms with Crippen LogP contribution < -0.4 is 0 Å². The molecule has 0 bridgehead atoms. The number of hydrogen-bond donors (Lipinski definition) is 2. The fraction of sp³-hybridized carbons (Fsp3) is 0.333. The number of aryl methyl sites for hydroxylation is 1. The van der Waals surface area contributed by atoms with Gasteiger partial charge in [-0.25, -0.2) is 0 Å². The molecular weight excluding hydrogens is 276 g/mol. The van der Waals surface area contributed by atoms with Gasteiger partial charge in [0, 0.05) is 11.6 Å². The van der Waals surface area contributed by atoms with Crippen molar-refractivity contribution in [3.8, 4) is 5.75 Å². The third-order valence-electron chi connectivity index (χ3n) is 2.04. The lowest BCUT2D eigenvalue weighted by atomic mass is 10.1. The second kappa shape index (κ2) is 10.2. The highest BCUT2D eigenvalue weighted by Crippen LogP contribution is 2.26. The van der Waals surface area contributed by atoms with E-state index in [2.05, 4.69) is 6.58 Å². The largest absolute Gasteiger partial charge is 0.507 e. The van der Waals surface area contributed by atoms with E-state index < -0.39 is 10.1 Å². The Hall–Kier alpha value is -1.59. The molecule has 0 radical (unpaired) electrons. The molecule has 0 unspecified atom stereocenters. The molecule has 0 heterocycles.